The van der Waals surface area contributed by atoms with Crippen LogP contribution in [0.1, 0.15) is 21.5 Å². The fourth-order valence-electron chi connectivity index (χ4n) is 3.08. The second kappa shape index (κ2) is 6.57. The van der Waals surface area contributed by atoms with Crippen LogP contribution in [-0.4, -0.2) is 13.4 Å². The molecule has 0 atom stereocenters. The van der Waals surface area contributed by atoms with Gasteiger partial charge in [-0.25, -0.2) is 4.79 Å². The van der Waals surface area contributed by atoms with Crippen LogP contribution in [0, 0.1) is 0 Å². The summed E-state index contributed by atoms with van der Waals surface area (Å²) in [5.74, 6) is 0.646. The summed E-state index contributed by atoms with van der Waals surface area (Å²) in [5.41, 5.74) is 1.53. The molecule has 0 spiro atoms. The third-order valence-electron chi connectivity index (χ3n) is 4.42. The van der Waals surface area contributed by atoms with Crippen molar-refractivity contribution >= 4 is 28.2 Å². The van der Waals surface area contributed by atoms with Crippen molar-refractivity contribution in [2.75, 3.05) is 7.11 Å². The van der Waals surface area contributed by atoms with Crippen molar-refractivity contribution in [1.82, 2.24) is 0 Å². The number of fused-ring (bicyclic) bond motifs is 2. The van der Waals surface area contributed by atoms with E-state index in [1.807, 2.05) is 6.07 Å². The Balaban J connectivity index is 1.86. The topological polar surface area (TPSA) is 86.7 Å². The first kappa shape index (κ1) is 16.8. The average molecular weight is 362 g/mol. The minimum atomic E-state index is -0.453. The number of benzene rings is 2. The molecular weight excluding hydrogens is 348 g/mol. The van der Waals surface area contributed by atoms with Gasteiger partial charge in [0, 0.05) is 11.5 Å². The summed E-state index contributed by atoms with van der Waals surface area (Å²) in [7, 11) is 1.56. The van der Waals surface area contributed by atoms with Gasteiger partial charge in [-0.1, -0.05) is 6.07 Å². The SMILES string of the molecule is COc1ccc2oc(=O)cc(Cc3ccc4occ(C=O)c(=O)c4c3)c2c1. The molecule has 0 unspecified atom stereocenters. The molecule has 0 radical (unpaired) electrons. The fraction of sp³-hybridized carbons (Fsp3) is 0.0952. The number of methoxy groups -OCH3 is 1. The lowest BCUT2D eigenvalue weighted by Crippen LogP contribution is -2.08. The number of hydrogen-bond donors (Lipinski definition) is 0. The highest BCUT2D eigenvalue weighted by Gasteiger charge is 2.11. The molecule has 0 saturated heterocycles. The maximum Gasteiger partial charge on any atom is 0.336 e. The Morgan fingerprint density at radius 2 is 1.81 bits per heavy atom. The van der Waals surface area contributed by atoms with Crippen molar-refractivity contribution in [3.63, 3.8) is 0 Å². The average Bonchev–Trinajstić information content (AvgIpc) is 2.68. The van der Waals surface area contributed by atoms with Gasteiger partial charge in [-0.3, -0.25) is 9.59 Å². The number of carbonyl (C=O) groups excluding carboxylic acids is 1. The number of carbonyl (C=O) groups is 1. The molecule has 2 aromatic carbocycles. The smallest absolute Gasteiger partial charge is 0.336 e. The monoisotopic (exact) mass is 362 g/mol. The second-order valence-corrected chi connectivity index (χ2v) is 6.10. The first-order chi connectivity index (χ1) is 13.1. The van der Waals surface area contributed by atoms with Gasteiger partial charge in [-0.2, -0.15) is 0 Å². The Morgan fingerprint density at radius 3 is 2.59 bits per heavy atom. The van der Waals surface area contributed by atoms with Crippen molar-refractivity contribution < 1.29 is 18.4 Å². The Labute approximate surface area is 152 Å². The highest BCUT2D eigenvalue weighted by Crippen LogP contribution is 2.25. The molecular formula is C21H14O6. The lowest BCUT2D eigenvalue weighted by molar-refractivity contribution is 0.112. The standard InChI is InChI=1S/C21H14O6/c1-25-15-3-5-19-16(9-15)13(8-20(23)27-19)6-12-2-4-18-17(7-12)21(24)14(10-22)11-26-18/h2-5,7-11H,6H2,1H3. The van der Waals surface area contributed by atoms with Crippen LogP contribution in [0.3, 0.4) is 0 Å². The predicted molar refractivity (Wildman–Crippen MR) is 99.7 cm³/mol. The van der Waals surface area contributed by atoms with Crippen LogP contribution in [0.2, 0.25) is 0 Å². The van der Waals surface area contributed by atoms with Gasteiger partial charge in [-0.05, 0) is 47.9 Å². The summed E-state index contributed by atoms with van der Waals surface area (Å²) in [6.07, 6.45) is 2.02. The van der Waals surface area contributed by atoms with Gasteiger partial charge in [0.15, 0.2) is 6.29 Å². The highest BCUT2D eigenvalue weighted by molar-refractivity contribution is 5.85. The van der Waals surface area contributed by atoms with Crippen LogP contribution < -0.4 is 15.8 Å². The summed E-state index contributed by atoms with van der Waals surface area (Å²) < 4.78 is 15.8. The number of rotatable bonds is 4. The summed E-state index contributed by atoms with van der Waals surface area (Å²) in [5, 5.41) is 1.07. The Morgan fingerprint density at radius 1 is 1.00 bits per heavy atom. The zero-order chi connectivity index (χ0) is 19.0. The number of aldehydes is 1. The molecule has 0 aliphatic carbocycles. The molecule has 6 heteroatoms. The largest absolute Gasteiger partial charge is 0.497 e. The molecule has 27 heavy (non-hydrogen) atoms. The maximum absolute atomic E-state index is 12.3. The van der Waals surface area contributed by atoms with Crippen molar-refractivity contribution in [2.45, 2.75) is 6.42 Å². The van der Waals surface area contributed by atoms with E-state index in [2.05, 4.69) is 0 Å². The molecule has 2 aromatic heterocycles. The maximum atomic E-state index is 12.3. The minimum absolute atomic E-state index is 0.0322. The molecule has 0 N–H and O–H groups in total. The van der Waals surface area contributed by atoms with Crippen LogP contribution in [-0.2, 0) is 6.42 Å². The fourth-order valence-corrected chi connectivity index (χ4v) is 3.08. The molecule has 4 rings (SSSR count). The highest BCUT2D eigenvalue weighted by atomic mass is 16.5. The van der Waals surface area contributed by atoms with E-state index in [1.165, 1.54) is 6.07 Å². The van der Waals surface area contributed by atoms with Crippen LogP contribution in [0.25, 0.3) is 21.9 Å². The van der Waals surface area contributed by atoms with E-state index in [0.29, 0.717) is 35.0 Å². The van der Waals surface area contributed by atoms with Gasteiger partial charge >= 0.3 is 5.63 Å². The first-order valence-electron chi connectivity index (χ1n) is 8.19. The van der Waals surface area contributed by atoms with Crippen LogP contribution in [0.4, 0.5) is 0 Å². The van der Waals surface area contributed by atoms with Gasteiger partial charge in [0.05, 0.1) is 18.1 Å². The third kappa shape index (κ3) is 3.01. The van der Waals surface area contributed by atoms with Gasteiger partial charge in [0.2, 0.25) is 5.43 Å². The Hall–Kier alpha value is -3.67. The number of ether oxygens (including phenoxy) is 1. The number of hydrogen-bond acceptors (Lipinski definition) is 6. The molecule has 2 heterocycles. The Kier molecular flexibility index (Phi) is 4.08. The van der Waals surface area contributed by atoms with Gasteiger partial charge in [0.25, 0.3) is 0 Å². The van der Waals surface area contributed by atoms with Crippen LogP contribution in [0.15, 0.2) is 67.2 Å². The molecule has 6 nitrogen and oxygen atoms in total. The second-order valence-electron chi connectivity index (χ2n) is 6.10. The van der Waals surface area contributed by atoms with Gasteiger partial charge < -0.3 is 13.6 Å². The van der Waals surface area contributed by atoms with E-state index in [0.717, 1.165) is 22.8 Å². The lowest BCUT2D eigenvalue weighted by Gasteiger charge is -2.08. The minimum Gasteiger partial charge on any atom is -0.497 e. The molecule has 0 saturated carbocycles. The summed E-state index contributed by atoms with van der Waals surface area (Å²) in [6.45, 7) is 0. The van der Waals surface area contributed by atoms with Crippen LogP contribution >= 0.6 is 0 Å². The normalized spacial score (nSPS) is 11.0. The van der Waals surface area contributed by atoms with E-state index in [4.69, 9.17) is 13.6 Å². The van der Waals surface area contributed by atoms with Crippen molar-refractivity contribution in [3.8, 4) is 5.75 Å². The zero-order valence-corrected chi connectivity index (χ0v) is 14.4. The van der Waals surface area contributed by atoms with Gasteiger partial charge in [-0.15, -0.1) is 0 Å². The molecule has 0 aliphatic heterocycles. The van der Waals surface area contributed by atoms with E-state index >= 15 is 0 Å². The van der Waals surface area contributed by atoms with Crippen molar-refractivity contribution in [3.05, 3.63) is 86.1 Å². The van der Waals surface area contributed by atoms with Gasteiger partial charge in [0.1, 0.15) is 23.2 Å². The van der Waals surface area contributed by atoms with Crippen molar-refractivity contribution in [2.24, 2.45) is 0 Å². The summed E-state index contributed by atoms with van der Waals surface area (Å²) in [6, 6.07) is 11.8. The zero-order valence-electron chi connectivity index (χ0n) is 14.4. The predicted octanol–water partition coefficient (Wildman–Crippen LogP) is 3.31. The molecule has 0 bridgehead atoms. The van der Waals surface area contributed by atoms with E-state index < -0.39 is 5.63 Å². The summed E-state index contributed by atoms with van der Waals surface area (Å²) >= 11 is 0. The Bertz CT molecular complexity index is 1300. The van der Waals surface area contributed by atoms with E-state index in [-0.39, 0.29) is 11.0 Å². The molecule has 0 aliphatic rings. The first-order valence-corrected chi connectivity index (χ1v) is 8.19. The quantitative estimate of drug-likeness (QED) is 0.409. The van der Waals surface area contributed by atoms with E-state index in [9.17, 15) is 14.4 Å². The molecule has 0 fully saturated rings. The van der Waals surface area contributed by atoms with Crippen molar-refractivity contribution in [1.29, 1.82) is 0 Å². The molecule has 4 aromatic rings. The summed E-state index contributed by atoms with van der Waals surface area (Å²) in [4.78, 5) is 35.2. The van der Waals surface area contributed by atoms with Crippen LogP contribution in [0.5, 0.6) is 5.75 Å². The van der Waals surface area contributed by atoms with E-state index in [1.54, 1.807) is 37.4 Å². The lowest BCUT2D eigenvalue weighted by atomic mass is 10.00. The molecule has 134 valence electrons. The molecule has 0 amide bonds. The third-order valence-corrected chi connectivity index (χ3v) is 4.42.